The van der Waals surface area contributed by atoms with Crippen molar-refractivity contribution in [3.8, 4) is 0 Å². The molecule has 0 amide bonds. The van der Waals surface area contributed by atoms with Crippen molar-refractivity contribution in [2.45, 2.75) is 60.7 Å². The number of ether oxygens (including phenoxy) is 2. The van der Waals surface area contributed by atoms with E-state index in [1.165, 1.54) is 24.0 Å². The van der Waals surface area contributed by atoms with Gasteiger partial charge in [-0.15, -0.1) is 0 Å². The van der Waals surface area contributed by atoms with Crippen LogP contribution in [0.25, 0.3) is 0 Å². The molecule has 1 fully saturated rings. The second kappa shape index (κ2) is 6.37. The van der Waals surface area contributed by atoms with E-state index in [2.05, 4.69) is 53.7 Å². The smallest absolute Gasteiger partial charge is 0.161 e. The lowest BCUT2D eigenvalue weighted by molar-refractivity contribution is -0.277. The Morgan fingerprint density at radius 1 is 0.913 bits per heavy atom. The molecule has 0 bridgehead atoms. The lowest BCUT2D eigenvalue weighted by Gasteiger charge is -2.51. The van der Waals surface area contributed by atoms with Crippen LogP contribution in [0.2, 0.25) is 0 Å². The van der Waals surface area contributed by atoms with E-state index < -0.39 is 0 Å². The molecule has 0 aromatic rings. The zero-order chi connectivity index (χ0) is 16.8. The molecule has 2 aliphatic carbocycles. The highest BCUT2D eigenvalue weighted by molar-refractivity contribution is 5.14. The van der Waals surface area contributed by atoms with Crippen molar-refractivity contribution in [3.05, 3.63) is 23.3 Å². The molecule has 0 saturated carbocycles. The van der Waals surface area contributed by atoms with Gasteiger partial charge in [0, 0.05) is 11.3 Å². The molecule has 3 rings (SSSR count). The third-order valence-electron chi connectivity index (χ3n) is 6.85. The molecule has 3 aliphatic rings. The molecule has 0 unspecified atom stereocenters. The van der Waals surface area contributed by atoms with Crippen LogP contribution in [-0.2, 0) is 9.47 Å². The molecule has 5 atom stereocenters. The van der Waals surface area contributed by atoms with Gasteiger partial charge in [0.25, 0.3) is 0 Å². The van der Waals surface area contributed by atoms with Gasteiger partial charge >= 0.3 is 0 Å². The number of allylic oxidation sites excluding steroid dienone is 4. The zero-order valence-electron chi connectivity index (χ0n) is 15.8. The Morgan fingerprint density at radius 2 is 1.52 bits per heavy atom. The van der Waals surface area contributed by atoms with Crippen LogP contribution in [0.4, 0.5) is 0 Å². The fourth-order valence-electron chi connectivity index (χ4n) is 5.44. The molecular formula is C21H34O2. The maximum atomic E-state index is 6.38. The number of hydrogen-bond donors (Lipinski definition) is 0. The van der Waals surface area contributed by atoms with Crippen molar-refractivity contribution >= 4 is 0 Å². The van der Waals surface area contributed by atoms with Gasteiger partial charge in [0.2, 0.25) is 0 Å². The van der Waals surface area contributed by atoms with E-state index in [1.54, 1.807) is 0 Å². The summed E-state index contributed by atoms with van der Waals surface area (Å²) in [5.41, 5.74) is 3.21. The van der Waals surface area contributed by atoms with E-state index in [-0.39, 0.29) is 11.7 Å². The van der Waals surface area contributed by atoms with Gasteiger partial charge in [-0.3, -0.25) is 0 Å². The third kappa shape index (κ3) is 3.05. The summed E-state index contributed by atoms with van der Waals surface area (Å²) >= 11 is 0. The van der Waals surface area contributed by atoms with Gasteiger partial charge < -0.3 is 9.47 Å². The Morgan fingerprint density at radius 3 is 2.09 bits per heavy atom. The molecule has 0 aromatic heterocycles. The van der Waals surface area contributed by atoms with Crippen LogP contribution in [0, 0.1) is 35.0 Å². The summed E-state index contributed by atoms with van der Waals surface area (Å²) in [6.07, 6.45) is 7.18. The van der Waals surface area contributed by atoms with Crippen LogP contribution in [-0.4, -0.2) is 19.5 Å². The SMILES string of the molecule is CC1=C[C@H](C)[C@H](C2OCC3(CO2)[C@@H](C)C=C(C)C[C@@H]3C)[C@H](C)C1. The maximum absolute atomic E-state index is 6.38. The molecule has 1 saturated heterocycles. The molecule has 130 valence electrons. The highest BCUT2D eigenvalue weighted by Crippen LogP contribution is 2.48. The zero-order valence-corrected chi connectivity index (χ0v) is 15.8. The van der Waals surface area contributed by atoms with Crippen LogP contribution in [0.5, 0.6) is 0 Å². The number of rotatable bonds is 1. The summed E-state index contributed by atoms with van der Waals surface area (Å²) in [6, 6.07) is 0. The lowest BCUT2D eigenvalue weighted by atomic mass is 9.62. The molecule has 1 spiro atoms. The first-order valence-corrected chi connectivity index (χ1v) is 9.41. The van der Waals surface area contributed by atoms with Crippen LogP contribution in [0.3, 0.4) is 0 Å². The number of hydrogen-bond acceptors (Lipinski definition) is 2. The minimum atomic E-state index is -0.0265. The average Bonchev–Trinajstić information content (AvgIpc) is 2.45. The van der Waals surface area contributed by atoms with Crippen molar-refractivity contribution in [1.82, 2.24) is 0 Å². The maximum Gasteiger partial charge on any atom is 0.161 e. The van der Waals surface area contributed by atoms with E-state index >= 15 is 0 Å². The Balaban J connectivity index is 1.71. The molecule has 0 radical (unpaired) electrons. The van der Waals surface area contributed by atoms with Crippen LogP contribution >= 0.6 is 0 Å². The Labute approximate surface area is 142 Å². The first-order chi connectivity index (χ1) is 10.8. The predicted molar refractivity (Wildman–Crippen MR) is 95.0 cm³/mol. The topological polar surface area (TPSA) is 18.5 Å². The van der Waals surface area contributed by atoms with Gasteiger partial charge in [-0.2, -0.15) is 0 Å². The third-order valence-corrected chi connectivity index (χ3v) is 6.85. The van der Waals surface area contributed by atoms with E-state index in [0.29, 0.717) is 29.6 Å². The lowest BCUT2D eigenvalue weighted by Crippen LogP contribution is -2.53. The van der Waals surface area contributed by atoms with E-state index in [1.807, 2.05) is 0 Å². The van der Waals surface area contributed by atoms with Crippen molar-refractivity contribution in [2.24, 2.45) is 35.0 Å². The summed E-state index contributed by atoms with van der Waals surface area (Å²) < 4.78 is 12.8. The Hall–Kier alpha value is -0.600. The largest absolute Gasteiger partial charge is 0.352 e. The van der Waals surface area contributed by atoms with Crippen molar-refractivity contribution in [3.63, 3.8) is 0 Å². The van der Waals surface area contributed by atoms with Crippen LogP contribution < -0.4 is 0 Å². The minimum Gasteiger partial charge on any atom is -0.352 e. The normalized spacial score (nSPS) is 48.1. The minimum absolute atomic E-state index is 0.0265. The fourth-order valence-corrected chi connectivity index (χ4v) is 5.44. The Kier molecular flexibility index (Phi) is 4.77. The molecule has 23 heavy (non-hydrogen) atoms. The molecule has 2 heteroatoms. The monoisotopic (exact) mass is 318 g/mol. The summed E-state index contributed by atoms with van der Waals surface area (Å²) in [5, 5.41) is 0. The van der Waals surface area contributed by atoms with Crippen molar-refractivity contribution in [1.29, 1.82) is 0 Å². The van der Waals surface area contributed by atoms with E-state index in [0.717, 1.165) is 13.2 Å². The molecule has 0 aromatic carbocycles. The fraction of sp³-hybridized carbons (Fsp3) is 0.810. The van der Waals surface area contributed by atoms with Gasteiger partial charge in [-0.05, 0) is 50.4 Å². The van der Waals surface area contributed by atoms with Gasteiger partial charge in [0.1, 0.15) is 0 Å². The van der Waals surface area contributed by atoms with Gasteiger partial charge in [0.05, 0.1) is 13.2 Å². The summed E-state index contributed by atoms with van der Waals surface area (Å²) in [5.74, 6) is 2.84. The summed E-state index contributed by atoms with van der Waals surface area (Å²) in [7, 11) is 0. The quantitative estimate of drug-likeness (QED) is 0.618. The van der Waals surface area contributed by atoms with Gasteiger partial charge in [0.15, 0.2) is 6.29 Å². The summed E-state index contributed by atoms with van der Waals surface area (Å²) in [4.78, 5) is 0. The average molecular weight is 319 g/mol. The molecule has 2 nitrogen and oxygen atoms in total. The molecular weight excluding hydrogens is 284 g/mol. The molecule has 1 aliphatic heterocycles. The molecule has 0 N–H and O–H groups in total. The van der Waals surface area contributed by atoms with E-state index in [4.69, 9.17) is 9.47 Å². The highest BCUT2D eigenvalue weighted by atomic mass is 16.7. The van der Waals surface area contributed by atoms with E-state index in [9.17, 15) is 0 Å². The van der Waals surface area contributed by atoms with Gasteiger partial charge in [-0.25, -0.2) is 0 Å². The molecule has 1 heterocycles. The predicted octanol–water partition coefficient (Wildman–Crippen LogP) is 5.21. The van der Waals surface area contributed by atoms with Crippen LogP contribution in [0.15, 0.2) is 23.3 Å². The first-order valence-electron chi connectivity index (χ1n) is 9.41. The Bertz CT molecular complexity index is 496. The van der Waals surface area contributed by atoms with Gasteiger partial charge in [-0.1, -0.05) is 51.0 Å². The van der Waals surface area contributed by atoms with Crippen LogP contribution in [0.1, 0.15) is 54.4 Å². The first kappa shape index (κ1) is 17.2. The van der Waals surface area contributed by atoms with Crippen molar-refractivity contribution in [2.75, 3.05) is 13.2 Å². The summed E-state index contributed by atoms with van der Waals surface area (Å²) in [6.45, 7) is 15.6. The second-order valence-corrected chi connectivity index (χ2v) is 8.76. The highest BCUT2D eigenvalue weighted by Gasteiger charge is 2.48. The van der Waals surface area contributed by atoms with Crippen molar-refractivity contribution < 1.29 is 9.47 Å². The standard InChI is InChI=1S/C21H34O2/c1-13-7-15(3)19(16(4)8-13)20-22-11-21(12-23-20)17(5)9-14(2)10-18(21)6/h7,9,15-20H,8,10-12H2,1-6H3/t15-,16+,17-,18-,19-,20?,21?/m0/s1. The second-order valence-electron chi connectivity index (χ2n) is 8.76.